The molecule has 0 saturated heterocycles. The number of rotatable bonds is 7. The van der Waals surface area contributed by atoms with Gasteiger partial charge in [-0.1, -0.05) is 44.2 Å². The second kappa shape index (κ2) is 9.90. The molecule has 6 nitrogen and oxygen atoms in total. The summed E-state index contributed by atoms with van der Waals surface area (Å²) in [5, 5.41) is 8.32. The maximum absolute atomic E-state index is 12.4. The van der Waals surface area contributed by atoms with Gasteiger partial charge in [0.1, 0.15) is 0 Å². The van der Waals surface area contributed by atoms with Crippen molar-refractivity contribution < 1.29 is 9.59 Å². The van der Waals surface area contributed by atoms with E-state index in [4.69, 9.17) is 5.73 Å². The van der Waals surface area contributed by atoms with Crippen molar-refractivity contribution in [2.75, 3.05) is 11.9 Å². The smallest absolute Gasteiger partial charge is 0.319 e. The van der Waals surface area contributed by atoms with Crippen LogP contribution in [0.5, 0.6) is 0 Å². The monoisotopic (exact) mass is 382 g/mol. The van der Waals surface area contributed by atoms with Crippen LogP contribution >= 0.6 is 0 Å². The number of anilines is 1. The summed E-state index contributed by atoms with van der Waals surface area (Å²) in [6.45, 7) is 8.37. The van der Waals surface area contributed by atoms with Gasteiger partial charge >= 0.3 is 6.03 Å². The quantitative estimate of drug-likeness (QED) is 0.587. The molecule has 0 aliphatic rings. The standard InChI is InChI=1S/C22H30N4O2/c1-14(2)16-8-10-17(11-9-16)20(23)13-24-21(27)18-6-5-7-19(12-18)26-22(28)25-15(3)4/h5-12,14-15,20H,13,23H2,1-4H3,(H,24,27)(H2,25,26,28). The number of carbonyl (C=O) groups is 2. The second-order valence-electron chi connectivity index (χ2n) is 7.47. The molecule has 0 aromatic heterocycles. The molecule has 2 rings (SSSR count). The lowest BCUT2D eigenvalue weighted by molar-refractivity contribution is 0.0951. The van der Waals surface area contributed by atoms with Crippen LogP contribution in [0.15, 0.2) is 48.5 Å². The summed E-state index contributed by atoms with van der Waals surface area (Å²) in [5.74, 6) is 0.232. The predicted molar refractivity (Wildman–Crippen MR) is 114 cm³/mol. The molecule has 150 valence electrons. The van der Waals surface area contributed by atoms with Gasteiger partial charge in [0.2, 0.25) is 0 Å². The van der Waals surface area contributed by atoms with Crippen molar-refractivity contribution in [1.82, 2.24) is 10.6 Å². The molecule has 0 aliphatic heterocycles. The summed E-state index contributed by atoms with van der Waals surface area (Å²) < 4.78 is 0. The van der Waals surface area contributed by atoms with Crippen molar-refractivity contribution in [3.8, 4) is 0 Å². The highest BCUT2D eigenvalue weighted by Crippen LogP contribution is 2.17. The van der Waals surface area contributed by atoms with E-state index in [1.165, 1.54) is 5.56 Å². The largest absolute Gasteiger partial charge is 0.350 e. The molecule has 28 heavy (non-hydrogen) atoms. The highest BCUT2D eigenvalue weighted by molar-refractivity contribution is 5.96. The van der Waals surface area contributed by atoms with E-state index in [-0.39, 0.29) is 24.0 Å². The van der Waals surface area contributed by atoms with Crippen LogP contribution in [0.3, 0.4) is 0 Å². The minimum absolute atomic E-state index is 0.0302. The Hall–Kier alpha value is -2.86. The van der Waals surface area contributed by atoms with Crippen LogP contribution in [0.25, 0.3) is 0 Å². The topological polar surface area (TPSA) is 96.2 Å². The van der Waals surface area contributed by atoms with E-state index < -0.39 is 0 Å². The second-order valence-corrected chi connectivity index (χ2v) is 7.47. The summed E-state index contributed by atoms with van der Waals surface area (Å²) >= 11 is 0. The average molecular weight is 383 g/mol. The highest BCUT2D eigenvalue weighted by Gasteiger charge is 2.12. The molecule has 1 atom stereocenters. The van der Waals surface area contributed by atoms with Crippen LogP contribution < -0.4 is 21.7 Å². The predicted octanol–water partition coefficient (Wildman–Crippen LogP) is 3.77. The van der Waals surface area contributed by atoms with Gasteiger partial charge in [-0.2, -0.15) is 0 Å². The minimum atomic E-state index is -0.306. The van der Waals surface area contributed by atoms with Crippen molar-refractivity contribution in [2.45, 2.75) is 45.7 Å². The van der Waals surface area contributed by atoms with Crippen LogP contribution in [0.1, 0.15) is 61.1 Å². The third kappa shape index (κ3) is 6.39. The molecule has 1 unspecified atom stereocenters. The molecular formula is C22H30N4O2. The Balaban J connectivity index is 1.93. The van der Waals surface area contributed by atoms with Gasteiger partial charge in [-0.3, -0.25) is 4.79 Å². The number of carbonyl (C=O) groups excluding carboxylic acids is 2. The van der Waals surface area contributed by atoms with Crippen LogP contribution in [-0.2, 0) is 0 Å². The molecule has 2 aromatic rings. The van der Waals surface area contributed by atoms with Crippen LogP contribution in [0.4, 0.5) is 10.5 Å². The molecule has 0 heterocycles. The number of benzene rings is 2. The van der Waals surface area contributed by atoms with Crippen LogP contribution in [0, 0.1) is 0 Å². The molecule has 3 amide bonds. The fourth-order valence-corrected chi connectivity index (χ4v) is 2.72. The zero-order chi connectivity index (χ0) is 20.7. The van der Waals surface area contributed by atoms with Crippen LogP contribution in [0.2, 0.25) is 0 Å². The molecule has 0 fully saturated rings. The maximum Gasteiger partial charge on any atom is 0.319 e. The Morgan fingerprint density at radius 3 is 2.21 bits per heavy atom. The molecule has 0 spiro atoms. The van der Waals surface area contributed by atoms with Gasteiger partial charge in [-0.15, -0.1) is 0 Å². The summed E-state index contributed by atoms with van der Waals surface area (Å²) in [4.78, 5) is 24.2. The number of urea groups is 1. The molecular weight excluding hydrogens is 352 g/mol. The van der Waals surface area contributed by atoms with Gasteiger partial charge in [0.15, 0.2) is 0 Å². The van der Waals surface area contributed by atoms with E-state index in [1.807, 2.05) is 26.0 Å². The molecule has 0 radical (unpaired) electrons. The summed E-state index contributed by atoms with van der Waals surface area (Å²) in [6, 6.07) is 14.4. The fourth-order valence-electron chi connectivity index (χ4n) is 2.72. The Kier molecular flexibility index (Phi) is 7.58. The molecule has 5 N–H and O–H groups in total. The first-order valence-electron chi connectivity index (χ1n) is 9.57. The first-order valence-corrected chi connectivity index (χ1v) is 9.57. The molecule has 0 saturated carbocycles. The Morgan fingerprint density at radius 1 is 0.964 bits per heavy atom. The van der Waals surface area contributed by atoms with Crippen molar-refractivity contribution in [3.63, 3.8) is 0 Å². The van der Waals surface area contributed by atoms with Crippen molar-refractivity contribution in [1.29, 1.82) is 0 Å². The summed E-state index contributed by atoms with van der Waals surface area (Å²) in [6.07, 6.45) is 0. The lowest BCUT2D eigenvalue weighted by Gasteiger charge is -2.15. The SMILES string of the molecule is CC(C)NC(=O)Nc1cccc(C(=O)NCC(N)c2ccc(C(C)C)cc2)c1. The number of nitrogens with two attached hydrogens (primary N) is 1. The zero-order valence-electron chi connectivity index (χ0n) is 17.0. The van der Waals surface area contributed by atoms with Gasteiger partial charge < -0.3 is 21.7 Å². The van der Waals surface area contributed by atoms with Crippen molar-refractivity contribution >= 4 is 17.6 Å². The van der Waals surface area contributed by atoms with Gasteiger partial charge in [0, 0.05) is 29.9 Å². The normalized spacial score (nSPS) is 12.0. The lowest BCUT2D eigenvalue weighted by Crippen LogP contribution is -2.34. The number of nitrogens with one attached hydrogen (secondary N) is 3. The van der Waals surface area contributed by atoms with Gasteiger partial charge in [-0.05, 0) is 49.1 Å². The van der Waals surface area contributed by atoms with Crippen molar-refractivity contribution in [2.24, 2.45) is 5.73 Å². The lowest BCUT2D eigenvalue weighted by atomic mass is 9.99. The van der Waals surface area contributed by atoms with E-state index >= 15 is 0 Å². The first kappa shape index (κ1) is 21.4. The Bertz CT molecular complexity index is 800. The van der Waals surface area contributed by atoms with E-state index in [0.29, 0.717) is 23.7 Å². The third-order valence-corrected chi connectivity index (χ3v) is 4.32. The molecule has 0 bridgehead atoms. The van der Waals surface area contributed by atoms with E-state index in [9.17, 15) is 9.59 Å². The fraction of sp³-hybridized carbons (Fsp3) is 0.364. The Labute approximate surface area is 166 Å². The average Bonchev–Trinajstić information content (AvgIpc) is 2.65. The molecule has 2 aromatic carbocycles. The summed E-state index contributed by atoms with van der Waals surface area (Å²) in [5.41, 5.74) is 9.46. The van der Waals surface area contributed by atoms with Gasteiger partial charge in [0.25, 0.3) is 5.91 Å². The number of hydrogen-bond acceptors (Lipinski definition) is 3. The number of hydrogen-bond donors (Lipinski definition) is 4. The highest BCUT2D eigenvalue weighted by atomic mass is 16.2. The minimum Gasteiger partial charge on any atom is -0.350 e. The number of amides is 3. The Morgan fingerprint density at radius 2 is 1.61 bits per heavy atom. The van der Waals surface area contributed by atoms with E-state index in [1.54, 1.807) is 24.3 Å². The van der Waals surface area contributed by atoms with Gasteiger partial charge in [0.05, 0.1) is 0 Å². The first-order chi connectivity index (χ1) is 13.3. The molecule has 6 heteroatoms. The summed E-state index contributed by atoms with van der Waals surface area (Å²) in [7, 11) is 0. The molecule has 0 aliphatic carbocycles. The van der Waals surface area contributed by atoms with Gasteiger partial charge in [-0.25, -0.2) is 4.79 Å². The van der Waals surface area contributed by atoms with E-state index in [2.05, 4.69) is 41.9 Å². The maximum atomic E-state index is 12.4. The van der Waals surface area contributed by atoms with Crippen LogP contribution in [-0.4, -0.2) is 24.5 Å². The van der Waals surface area contributed by atoms with E-state index in [0.717, 1.165) is 5.56 Å². The third-order valence-electron chi connectivity index (χ3n) is 4.32. The van der Waals surface area contributed by atoms with Crippen molar-refractivity contribution in [3.05, 3.63) is 65.2 Å². The zero-order valence-corrected chi connectivity index (χ0v) is 17.0.